The third-order valence-corrected chi connectivity index (χ3v) is 7.25. The average Bonchev–Trinajstić information content (AvgIpc) is 3.24. The van der Waals surface area contributed by atoms with Crippen molar-refractivity contribution in [2.45, 2.75) is 38.6 Å². The van der Waals surface area contributed by atoms with Crippen LogP contribution in [-0.2, 0) is 24.7 Å². The topological polar surface area (TPSA) is 67.7 Å². The first kappa shape index (κ1) is 25.5. The highest BCUT2D eigenvalue weighted by Gasteiger charge is 2.33. The molecule has 7 heteroatoms. The van der Waals surface area contributed by atoms with Gasteiger partial charge in [0.05, 0.1) is 19.2 Å². The maximum absolute atomic E-state index is 13.5. The van der Waals surface area contributed by atoms with E-state index in [0.29, 0.717) is 31.1 Å². The van der Waals surface area contributed by atoms with Crippen LogP contribution in [0.25, 0.3) is 0 Å². The molecule has 2 amide bonds. The molecule has 36 heavy (non-hydrogen) atoms. The summed E-state index contributed by atoms with van der Waals surface area (Å²) in [6.07, 6.45) is 2.88. The normalized spacial score (nSPS) is 14.9. The minimum Gasteiger partial charge on any atom is -0.497 e. The van der Waals surface area contributed by atoms with Crippen molar-refractivity contribution >= 4 is 11.8 Å². The predicted molar refractivity (Wildman–Crippen MR) is 140 cm³/mol. The van der Waals surface area contributed by atoms with Gasteiger partial charge in [-0.15, -0.1) is 0 Å². The molecule has 1 aliphatic rings. The van der Waals surface area contributed by atoms with Gasteiger partial charge in [0.2, 0.25) is 5.91 Å². The number of hydrogen-bond acceptors (Lipinski definition) is 4. The lowest BCUT2D eigenvalue weighted by Crippen LogP contribution is -2.49. The first-order valence-corrected chi connectivity index (χ1v) is 12.6. The zero-order valence-corrected chi connectivity index (χ0v) is 21.7. The molecule has 1 fully saturated rings. The van der Waals surface area contributed by atoms with Gasteiger partial charge in [-0.05, 0) is 61.4 Å². The third kappa shape index (κ3) is 5.96. The summed E-state index contributed by atoms with van der Waals surface area (Å²) in [6, 6.07) is 19.9. The molecular weight excluding hydrogens is 452 g/mol. The van der Waals surface area contributed by atoms with Crippen LogP contribution in [0.1, 0.15) is 40.2 Å². The van der Waals surface area contributed by atoms with E-state index in [4.69, 9.17) is 4.74 Å². The van der Waals surface area contributed by atoms with Crippen LogP contribution in [0.15, 0.2) is 60.7 Å². The van der Waals surface area contributed by atoms with Gasteiger partial charge in [0.1, 0.15) is 11.4 Å². The third-order valence-electron chi connectivity index (χ3n) is 7.25. The standard InChI is InChI=1S/C29H36N4O3/c1-21-17-27(32(3)30-21)29(35)31(2)26(19-22-9-6-5-7-10-22)24-13-15-33(16-14-24)28(34)20-23-11-8-12-25(18-23)36-4/h5-12,17-18,24,26H,13-16,19-20H2,1-4H3. The lowest BCUT2D eigenvalue weighted by Gasteiger charge is -2.40. The summed E-state index contributed by atoms with van der Waals surface area (Å²) in [5, 5.41) is 4.36. The molecule has 1 aromatic heterocycles. The highest BCUT2D eigenvalue weighted by Crippen LogP contribution is 2.28. The first-order valence-electron chi connectivity index (χ1n) is 12.6. The zero-order chi connectivity index (χ0) is 25.7. The number of aryl methyl sites for hydroxylation is 2. The molecule has 0 spiro atoms. The number of carbonyl (C=O) groups excluding carboxylic acids is 2. The number of aromatic nitrogens is 2. The largest absolute Gasteiger partial charge is 0.497 e. The van der Waals surface area contributed by atoms with Crippen molar-refractivity contribution in [3.63, 3.8) is 0 Å². The molecule has 1 aliphatic heterocycles. The second-order valence-corrected chi connectivity index (χ2v) is 9.71. The van der Waals surface area contributed by atoms with Crippen molar-refractivity contribution < 1.29 is 14.3 Å². The summed E-state index contributed by atoms with van der Waals surface area (Å²) < 4.78 is 6.95. The van der Waals surface area contributed by atoms with Crippen molar-refractivity contribution in [3.05, 3.63) is 83.2 Å². The SMILES string of the molecule is COc1cccc(CC(=O)N2CCC(C(Cc3ccccc3)N(C)C(=O)c3cc(C)nn3C)CC2)c1. The number of methoxy groups -OCH3 is 1. The molecule has 1 unspecified atom stereocenters. The number of ether oxygens (including phenoxy) is 1. The lowest BCUT2D eigenvalue weighted by atomic mass is 9.84. The predicted octanol–water partition coefficient (Wildman–Crippen LogP) is 3.90. The second-order valence-electron chi connectivity index (χ2n) is 9.71. The van der Waals surface area contributed by atoms with E-state index in [1.807, 2.05) is 79.3 Å². The molecule has 0 radical (unpaired) electrons. The zero-order valence-electron chi connectivity index (χ0n) is 21.7. The molecule has 0 aliphatic carbocycles. The molecule has 0 bridgehead atoms. The minimum absolute atomic E-state index is 0.0180. The number of carbonyl (C=O) groups is 2. The van der Waals surface area contributed by atoms with Crippen LogP contribution >= 0.6 is 0 Å². The molecule has 2 aromatic carbocycles. The van der Waals surface area contributed by atoms with E-state index in [9.17, 15) is 9.59 Å². The van der Waals surface area contributed by atoms with Gasteiger partial charge >= 0.3 is 0 Å². The fourth-order valence-corrected chi connectivity index (χ4v) is 5.22. The van der Waals surface area contributed by atoms with E-state index < -0.39 is 0 Å². The summed E-state index contributed by atoms with van der Waals surface area (Å²) in [5.74, 6) is 1.18. The van der Waals surface area contributed by atoms with Crippen LogP contribution in [0.2, 0.25) is 0 Å². The van der Waals surface area contributed by atoms with Gasteiger partial charge in [-0.3, -0.25) is 14.3 Å². The van der Waals surface area contributed by atoms with E-state index in [2.05, 4.69) is 17.2 Å². The van der Waals surface area contributed by atoms with Crippen LogP contribution in [0.4, 0.5) is 0 Å². The molecule has 7 nitrogen and oxygen atoms in total. The van der Waals surface area contributed by atoms with E-state index in [1.54, 1.807) is 11.8 Å². The maximum Gasteiger partial charge on any atom is 0.272 e. The monoisotopic (exact) mass is 488 g/mol. The molecule has 0 N–H and O–H groups in total. The summed E-state index contributed by atoms with van der Waals surface area (Å²) in [5.41, 5.74) is 3.59. The van der Waals surface area contributed by atoms with Crippen LogP contribution < -0.4 is 4.74 Å². The summed E-state index contributed by atoms with van der Waals surface area (Å²) in [4.78, 5) is 30.3. The highest BCUT2D eigenvalue weighted by atomic mass is 16.5. The van der Waals surface area contributed by atoms with Gasteiger partial charge in [0.15, 0.2) is 0 Å². The number of likely N-dealkylation sites (N-methyl/N-ethyl adjacent to an activating group) is 1. The average molecular weight is 489 g/mol. The Hall–Kier alpha value is -3.61. The van der Waals surface area contributed by atoms with Gasteiger partial charge in [0, 0.05) is 33.2 Å². The maximum atomic E-state index is 13.5. The number of rotatable bonds is 8. The van der Waals surface area contributed by atoms with Crippen molar-refractivity contribution in [2.75, 3.05) is 27.2 Å². The quantitative estimate of drug-likeness (QED) is 0.482. The Kier molecular flexibility index (Phi) is 8.08. The van der Waals surface area contributed by atoms with Gasteiger partial charge in [-0.1, -0.05) is 42.5 Å². The lowest BCUT2D eigenvalue weighted by molar-refractivity contribution is -0.132. The molecule has 190 valence electrons. The molecule has 1 atom stereocenters. The fraction of sp³-hybridized carbons (Fsp3) is 0.414. The molecule has 0 saturated carbocycles. The Morgan fingerprint density at radius 3 is 2.39 bits per heavy atom. The van der Waals surface area contributed by atoms with Crippen molar-refractivity contribution in [1.82, 2.24) is 19.6 Å². The van der Waals surface area contributed by atoms with Crippen LogP contribution in [0, 0.1) is 12.8 Å². The smallest absolute Gasteiger partial charge is 0.272 e. The van der Waals surface area contributed by atoms with Crippen molar-refractivity contribution in [1.29, 1.82) is 0 Å². The number of piperidine rings is 1. The summed E-state index contributed by atoms with van der Waals surface area (Å²) in [6.45, 7) is 3.30. The number of nitrogens with zero attached hydrogens (tertiary/aromatic N) is 4. The van der Waals surface area contributed by atoms with Crippen LogP contribution in [-0.4, -0.2) is 64.7 Å². The fourth-order valence-electron chi connectivity index (χ4n) is 5.22. The van der Waals surface area contributed by atoms with E-state index in [1.165, 1.54) is 5.56 Å². The second kappa shape index (κ2) is 11.4. The minimum atomic E-state index is -0.0180. The molecule has 1 saturated heterocycles. The van der Waals surface area contributed by atoms with Crippen molar-refractivity contribution in [2.24, 2.45) is 13.0 Å². The van der Waals surface area contributed by atoms with Gasteiger partial charge in [-0.25, -0.2) is 0 Å². The van der Waals surface area contributed by atoms with E-state index in [0.717, 1.165) is 36.3 Å². The van der Waals surface area contributed by atoms with Crippen LogP contribution in [0.5, 0.6) is 5.75 Å². The number of likely N-dealkylation sites (tertiary alicyclic amines) is 1. The van der Waals surface area contributed by atoms with Crippen molar-refractivity contribution in [3.8, 4) is 5.75 Å². The summed E-state index contributed by atoms with van der Waals surface area (Å²) >= 11 is 0. The first-order chi connectivity index (χ1) is 17.4. The Morgan fingerprint density at radius 2 is 1.75 bits per heavy atom. The Balaban J connectivity index is 1.45. The molecule has 4 rings (SSSR count). The number of amides is 2. The summed E-state index contributed by atoms with van der Waals surface area (Å²) in [7, 11) is 5.35. The number of benzene rings is 2. The van der Waals surface area contributed by atoms with Gasteiger partial charge in [0.25, 0.3) is 5.91 Å². The Labute approximate surface area is 213 Å². The van der Waals surface area contributed by atoms with Gasteiger partial charge < -0.3 is 14.5 Å². The number of hydrogen-bond donors (Lipinski definition) is 0. The molecule has 3 aromatic rings. The van der Waals surface area contributed by atoms with Crippen LogP contribution in [0.3, 0.4) is 0 Å². The highest BCUT2D eigenvalue weighted by molar-refractivity contribution is 5.92. The molecular formula is C29H36N4O3. The van der Waals surface area contributed by atoms with E-state index >= 15 is 0 Å². The Morgan fingerprint density at radius 1 is 1.06 bits per heavy atom. The molecule has 2 heterocycles. The van der Waals surface area contributed by atoms with Gasteiger partial charge in [-0.2, -0.15) is 5.10 Å². The Bertz CT molecular complexity index is 1180. The van der Waals surface area contributed by atoms with E-state index in [-0.39, 0.29) is 17.9 Å².